The van der Waals surface area contributed by atoms with Crippen molar-refractivity contribution in [1.82, 2.24) is 9.78 Å². The fourth-order valence-corrected chi connectivity index (χ4v) is 6.22. The van der Waals surface area contributed by atoms with E-state index >= 15 is 0 Å². The number of benzene rings is 2. The Morgan fingerprint density at radius 1 is 1.13 bits per heavy atom. The summed E-state index contributed by atoms with van der Waals surface area (Å²) in [6.07, 6.45) is 0.787. The number of methoxy groups -OCH3 is 1. The molecular weight excluding hydrogens is 508 g/mol. The topological polar surface area (TPSA) is 139 Å². The van der Waals surface area contributed by atoms with Crippen LogP contribution in [0, 0.1) is 10.1 Å². The zero-order chi connectivity index (χ0) is 26.6. The molecule has 2 aromatic heterocycles. The van der Waals surface area contributed by atoms with E-state index in [-0.39, 0.29) is 29.4 Å². The number of carbonyl (C=O) groups excluding carboxylic acids is 1. The number of Topliss-reactive ketones (excluding diaryl/α,β-unsaturated/α-hetero) is 1. The molecule has 1 aliphatic carbocycles. The van der Waals surface area contributed by atoms with Gasteiger partial charge in [-0.3, -0.25) is 24.8 Å². The lowest BCUT2D eigenvalue weighted by Gasteiger charge is -2.34. The molecule has 3 N–H and O–H groups in total. The normalized spacial score (nSPS) is 18.5. The minimum atomic E-state index is -0.903. The van der Waals surface area contributed by atoms with Gasteiger partial charge in [-0.15, -0.1) is 11.3 Å². The van der Waals surface area contributed by atoms with Crippen molar-refractivity contribution in [3.8, 4) is 17.2 Å². The number of ketones is 1. The minimum absolute atomic E-state index is 0.0254. The van der Waals surface area contributed by atoms with E-state index in [1.807, 2.05) is 23.6 Å². The average molecular weight is 531 g/mol. The van der Waals surface area contributed by atoms with Crippen LogP contribution in [0.25, 0.3) is 5.69 Å². The number of ether oxygens (including phenoxy) is 1. The Hall–Kier alpha value is -4.64. The number of anilines is 1. The van der Waals surface area contributed by atoms with E-state index in [4.69, 9.17) is 4.74 Å². The first-order valence-electron chi connectivity index (χ1n) is 11.9. The molecule has 0 saturated carbocycles. The van der Waals surface area contributed by atoms with Crippen LogP contribution in [0.2, 0.25) is 0 Å². The summed E-state index contributed by atoms with van der Waals surface area (Å²) in [6, 6.07) is 15.6. The van der Waals surface area contributed by atoms with Crippen LogP contribution in [-0.4, -0.2) is 32.7 Å². The molecule has 0 fully saturated rings. The second-order valence-electron chi connectivity index (χ2n) is 9.22. The first-order chi connectivity index (χ1) is 18.4. The number of aromatic amines is 1. The molecule has 6 rings (SSSR count). The van der Waals surface area contributed by atoms with Gasteiger partial charge >= 0.3 is 5.69 Å². The third-order valence-electron chi connectivity index (χ3n) is 7.07. The number of phenols is 1. The summed E-state index contributed by atoms with van der Waals surface area (Å²) in [6.45, 7) is 0. The van der Waals surface area contributed by atoms with Gasteiger partial charge in [-0.05, 0) is 41.6 Å². The Bertz CT molecular complexity index is 1670. The van der Waals surface area contributed by atoms with Crippen LogP contribution >= 0.6 is 11.3 Å². The third kappa shape index (κ3) is 3.70. The van der Waals surface area contributed by atoms with Crippen LogP contribution in [-0.2, 0) is 4.79 Å². The van der Waals surface area contributed by atoms with Crippen molar-refractivity contribution in [2.24, 2.45) is 0 Å². The lowest BCUT2D eigenvalue weighted by Crippen LogP contribution is -2.31. The van der Waals surface area contributed by atoms with Crippen LogP contribution in [0.4, 0.5) is 11.5 Å². The van der Waals surface area contributed by atoms with Gasteiger partial charge in [-0.2, -0.15) is 0 Å². The fourth-order valence-electron chi connectivity index (χ4n) is 5.38. The third-order valence-corrected chi connectivity index (χ3v) is 8.11. The maximum absolute atomic E-state index is 13.8. The zero-order valence-electron chi connectivity index (χ0n) is 20.1. The molecule has 1 aliphatic heterocycles. The Balaban J connectivity index is 1.59. The number of thiophene rings is 1. The van der Waals surface area contributed by atoms with E-state index < -0.39 is 27.8 Å². The molecular formula is C27H22N4O6S. The maximum Gasteiger partial charge on any atom is 0.314 e. The number of para-hydroxylation sites is 1. The number of nitrogens with zero attached hydrogens (tertiary/aromatic N) is 2. The average Bonchev–Trinajstić information content (AvgIpc) is 3.57. The Morgan fingerprint density at radius 3 is 2.61 bits per heavy atom. The monoisotopic (exact) mass is 530 g/mol. The summed E-state index contributed by atoms with van der Waals surface area (Å²) in [7, 11) is 1.29. The number of allylic oxidation sites excluding steroid dienone is 2. The molecule has 11 heteroatoms. The number of rotatable bonds is 5. The van der Waals surface area contributed by atoms with Crippen LogP contribution in [0.15, 0.2) is 76.0 Å². The highest BCUT2D eigenvalue weighted by Crippen LogP contribution is 2.49. The number of nitrogens with one attached hydrogen (secondary N) is 2. The molecule has 0 unspecified atom stereocenters. The van der Waals surface area contributed by atoms with Gasteiger partial charge in [-0.1, -0.05) is 24.3 Å². The molecule has 4 aromatic rings. The summed E-state index contributed by atoms with van der Waals surface area (Å²) in [5.74, 6) is -1.39. The van der Waals surface area contributed by atoms with Crippen molar-refractivity contribution < 1.29 is 19.6 Å². The zero-order valence-corrected chi connectivity index (χ0v) is 21.0. The second kappa shape index (κ2) is 9.03. The summed E-state index contributed by atoms with van der Waals surface area (Å²) in [5, 5.41) is 30.6. The van der Waals surface area contributed by atoms with Gasteiger partial charge in [0.2, 0.25) is 5.75 Å². The van der Waals surface area contributed by atoms with Gasteiger partial charge in [-0.25, -0.2) is 4.68 Å². The lowest BCUT2D eigenvalue weighted by molar-refractivity contribution is -0.386. The summed E-state index contributed by atoms with van der Waals surface area (Å²) in [5.41, 5.74) is 1.26. The van der Waals surface area contributed by atoms with Crippen molar-refractivity contribution >= 4 is 28.6 Å². The summed E-state index contributed by atoms with van der Waals surface area (Å²) < 4.78 is 6.61. The van der Waals surface area contributed by atoms with Crippen molar-refractivity contribution in [2.45, 2.75) is 24.7 Å². The number of nitro groups is 1. The van der Waals surface area contributed by atoms with E-state index in [0.29, 0.717) is 34.8 Å². The predicted octanol–water partition coefficient (Wildman–Crippen LogP) is 4.81. The van der Waals surface area contributed by atoms with E-state index in [1.54, 1.807) is 35.6 Å². The van der Waals surface area contributed by atoms with Crippen LogP contribution in [0.1, 0.15) is 40.7 Å². The van der Waals surface area contributed by atoms with Crippen molar-refractivity contribution in [3.05, 3.63) is 108 Å². The molecule has 0 bridgehead atoms. The number of nitro benzene ring substituents is 1. The molecule has 2 aliphatic rings. The molecule has 192 valence electrons. The molecule has 2 aromatic carbocycles. The smallest absolute Gasteiger partial charge is 0.314 e. The number of fused-ring (bicyclic) bond motifs is 1. The number of phenolic OH excluding ortho intramolecular Hbond substituents is 1. The fraction of sp³-hybridized carbons (Fsp3) is 0.185. The number of hydrogen-bond donors (Lipinski definition) is 3. The van der Waals surface area contributed by atoms with E-state index in [9.17, 15) is 24.8 Å². The molecule has 38 heavy (non-hydrogen) atoms. The van der Waals surface area contributed by atoms with Crippen LogP contribution in [0.3, 0.4) is 0 Å². The molecule has 0 radical (unpaired) electrons. The van der Waals surface area contributed by atoms with E-state index in [2.05, 4.69) is 10.4 Å². The van der Waals surface area contributed by atoms with Crippen molar-refractivity contribution in [2.75, 3.05) is 12.4 Å². The minimum Gasteiger partial charge on any atom is -0.500 e. The van der Waals surface area contributed by atoms with E-state index in [0.717, 1.165) is 4.88 Å². The molecule has 3 heterocycles. The first kappa shape index (κ1) is 23.7. The summed E-state index contributed by atoms with van der Waals surface area (Å²) >= 11 is 1.59. The second-order valence-corrected chi connectivity index (χ2v) is 10.2. The van der Waals surface area contributed by atoms with E-state index in [1.165, 1.54) is 23.9 Å². The van der Waals surface area contributed by atoms with Crippen LogP contribution in [0.5, 0.6) is 11.5 Å². The van der Waals surface area contributed by atoms with Gasteiger partial charge in [0.25, 0.3) is 5.56 Å². The molecule has 0 amide bonds. The van der Waals surface area contributed by atoms with Gasteiger partial charge in [0, 0.05) is 40.5 Å². The number of carbonyl (C=O) groups is 1. The number of hydrogen-bond acceptors (Lipinski definition) is 8. The Labute approximate surface area is 220 Å². The summed E-state index contributed by atoms with van der Waals surface area (Å²) in [4.78, 5) is 39.7. The largest absolute Gasteiger partial charge is 0.500 e. The lowest BCUT2D eigenvalue weighted by atomic mass is 9.73. The highest BCUT2D eigenvalue weighted by Gasteiger charge is 2.42. The van der Waals surface area contributed by atoms with Gasteiger partial charge < -0.3 is 15.2 Å². The highest BCUT2D eigenvalue weighted by molar-refractivity contribution is 7.10. The first-order valence-corrected chi connectivity index (χ1v) is 12.8. The highest BCUT2D eigenvalue weighted by atomic mass is 32.1. The SMILES string of the molecule is COc1cc([C@@H]2C3=C(C[C@@H](c4cccs4)CC3=O)Nc3[nH]n(-c4ccccc4)c(=O)c32)cc([N+](=O)[O-])c1O. The molecule has 0 spiro atoms. The molecule has 10 nitrogen and oxygen atoms in total. The predicted molar refractivity (Wildman–Crippen MR) is 141 cm³/mol. The Morgan fingerprint density at radius 2 is 1.92 bits per heavy atom. The van der Waals surface area contributed by atoms with Crippen molar-refractivity contribution in [3.63, 3.8) is 0 Å². The number of H-pyrrole nitrogens is 1. The van der Waals surface area contributed by atoms with Gasteiger partial charge in [0.1, 0.15) is 5.82 Å². The number of aromatic hydroxyl groups is 1. The number of aromatic nitrogens is 2. The Kier molecular flexibility index (Phi) is 5.64. The quantitative estimate of drug-likeness (QED) is 0.249. The van der Waals surface area contributed by atoms with Crippen LogP contribution < -0.4 is 15.6 Å². The van der Waals surface area contributed by atoms with Gasteiger partial charge in [0.05, 0.1) is 23.3 Å². The standard InChI is InChI=1S/C27H22N4O6S/c1-37-20-13-15(11-18(25(20)33)31(35)36)22-23-17(10-14(12-19(23)32)21-8-5-9-38-21)28-26-24(22)27(34)30(29-26)16-6-3-2-4-7-16/h2-9,11,13-14,22,28-29,33H,10,12H2,1H3/t14-,22-/m1/s1. The van der Waals surface area contributed by atoms with Crippen molar-refractivity contribution in [1.29, 1.82) is 0 Å². The van der Waals surface area contributed by atoms with Gasteiger partial charge in [0.15, 0.2) is 11.5 Å². The molecule has 2 atom stereocenters. The maximum atomic E-state index is 13.8. The molecule has 0 saturated heterocycles.